The molecule has 0 aliphatic carbocycles. The first-order valence-corrected chi connectivity index (χ1v) is 8.41. The lowest BCUT2D eigenvalue weighted by molar-refractivity contribution is -0.119. The molecule has 0 bridgehead atoms. The number of carbonyl (C=O) groups is 1. The molecule has 1 amide bonds. The van der Waals surface area contributed by atoms with Crippen molar-refractivity contribution in [2.75, 3.05) is 5.32 Å². The predicted molar refractivity (Wildman–Crippen MR) is 98.2 cm³/mol. The first kappa shape index (κ1) is 18.4. The summed E-state index contributed by atoms with van der Waals surface area (Å²) in [5, 5.41) is 6.63. The Bertz CT molecular complexity index is 1020. The van der Waals surface area contributed by atoms with Crippen molar-refractivity contribution in [2.45, 2.75) is 19.4 Å². The Hall–Kier alpha value is -3.35. The van der Waals surface area contributed by atoms with Gasteiger partial charge in [-0.1, -0.05) is 37.3 Å². The summed E-state index contributed by atoms with van der Waals surface area (Å²) >= 11 is 0. The minimum atomic E-state index is -0.969. The van der Waals surface area contributed by atoms with Crippen LogP contribution in [0, 0.1) is 11.6 Å². The van der Waals surface area contributed by atoms with Crippen LogP contribution in [0.15, 0.2) is 65.5 Å². The summed E-state index contributed by atoms with van der Waals surface area (Å²) in [6.45, 7) is 1.70. The van der Waals surface area contributed by atoms with E-state index in [-0.39, 0.29) is 12.1 Å². The van der Waals surface area contributed by atoms with Crippen molar-refractivity contribution in [2.24, 2.45) is 0 Å². The van der Waals surface area contributed by atoms with Gasteiger partial charge in [-0.05, 0) is 24.6 Å². The van der Waals surface area contributed by atoms with Gasteiger partial charge in [0, 0.05) is 17.7 Å². The summed E-state index contributed by atoms with van der Waals surface area (Å²) < 4.78 is 28.2. The number of rotatable bonds is 5. The van der Waals surface area contributed by atoms with Gasteiger partial charge < -0.3 is 5.32 Å². The SMILES string of the molecule is CC[C@H](C(=O)Nc1cc(F)ccc1F)n1nc(-c2ccccc2)ccc1=O. The molecule has 0 unspecified atom stereocenters. The maximum absolute atomic E-state index is 13.8. The molecule has 2 aromatic carbocycles. The van der Waals surface area contributed by atoms with Gasteiger partial charge in [-0.25, -0.2) is 13.5 Å². The van der Waals surface area contributed by atoms with E-state index in [4.69, 9.17) is 0 Å². The van der Waals surface area contributed by atoms with E-state index < -0.39 is 29.1 Å². The average Bonchev–Trinajstić information content (AvgIpc) is 2.67. The Morgan fingerprint density at radius 1 is 1.11 bits per heavy atom. The molecule has 0 spiro atoms. The molecule has 1 aromatic heterocycles. The van der Waals surface area contributed by atoms with E-state index in [1.54, 1.807) is 13.0 Å². The van der Waals surface area contributed by atoms with Crippen LogP contribution >= 0.6 is 0 Å². The number of nitrogens with one attached hydrogen (secondary N) is 1. The van der Waals surface area contributed by atoms with Gasteiger partial charge in [-0.3, -0.25) is 9.59 Å². The first-order valence-electron chi connectivity index (χ1n) is 8.41. The maximum atomic E-state index is 13.8. The smallest absolute Gasteiger partial charge is 0.267 e. The summed E-state index contributed by atoms with van der Waals surface area (Å²) in [6, 6.07) is 13.9. The van der Waals surface area contributed by atoms with Crippen molar-refractivity contribution in [3.05, 3.63) is 82.7 Å². The summed E-state index contributed by atoms with van der Waals surface area (Å²) in [6.07, 6.45) is 0.244. The molecular formula is C20H17F2N3O2. The van der Waals surface area contributed by atoms with Gasteiger partial charge in [0.2, 0.25) is 5.91 Å². The summed E-state index contributed by atoms with van der Waals surface area (Å²) in [7, 11) is 0. The molecule has 138 valence electrons. The zero-order valence-corrected chi connectivity index (χ0v) is 14.5. The van der Waals surface area contributed by atoms with Crippen LogP contribution in [0.1, 0.15) is 19.4 Å². The lowest BCUT2D eigenvalue weighted by Crippen LogP contribution is -2.34. The molecular weight excluding hydrogens is 352 g/mol. The summed E-state index contributed by atoms with van der Waals surface area (Å²) in [4.78, 5) is 24.9. The number of amides is 1. The first-order chi connectivity index (χ1) is 13.0. The summed E-state index contributed by atoms with van der Waals surface area (Å²) in [5.74, 6) is -2.10. The highest BCUT2D eigenvalue weighted by molar-refractivity contribution is 5.93. The fourth-order valence-electron chi connectivity index (χ4n) is 2.69. The van der Waals surface area contributed by atoms with Gasteiger partial charge in [0.15, 0.2) is 0 Å². The van der Waals surface area contributed by atoms with Crippen molar-refractivity contribution in [3.63, 3.8) is 0 Å². The zero-order chi connectivity index (χ0) is 19.4. The van der Waals surface area contributed by atoms with Gasteiger partial charge in [-0.2, -0.15) is 5.10 Å². The Balaban J connectivity index is 1.94. The molecule has 0 radical (unpaired) electrons. The van der Waals surface area contributed by atoms with E-state index in [0.29, 0.717) is 5.69 Å². The Morgan fingerprint density at radius 3 is 2.56 bits per heavy atom. The highest BCUT2D eigenvalue weighted by Gasteiger charge is 2.22. The zero-order valence-electron chi connectivity index (χ0n) is 14.5. The standard InChI is InChI=1S/C20H17F2N3O2/c1-2-18(20(27)23-17-12-14(21)8-9-15(17)22)25-19(26)11-10-16(24-25)13-6-4-3-5-7-13/h3-12,18H,2H2,1H3,(H,23,27)/t18-/m1/s1. The van der Waals surface area contributed by atoms with Gasteiger partial charge in [0.25, 0.3) is 5.56 Å². The van der Waals surface area contributed by atoms with Crippen molar-refractivity contribution >= 4 is 11.6 Å². The highest BCUT2D eigenvalue weighted by atomic mass is 19.1. The molecule has 27 heavy (non-hydrogen) atoms. The number of benzene rings is 2. The third-order valence-electron chi connectivity index (χ3n) is 4.07. The minimum absolute atomic E-state index is 0.244. The van der Waals surface area contributed by atoms with Crippen LogP contribution in [0.4, 0.5) is 14.5 Å². The number of aromatic nitrogens is 2. The molecule has 1 heterocycles. The molecule has 0 fully saturated rings. The molecule has 0 saturated heterocycles. The van der Waals surface area contributed by atoms with Crippen LogP contribution in [0.3, 0.4) is 0 Å². The molecule has 3 rings (SSSR count). The van der Waals surface area contributed by atoms with E-state index >= 15 is 0 Å². The van der Waals surface area contributed by atoms with Crippen LogP contribution in [0.2, 0.25) is 0 Å². The average molecular weight is 369 g/mol. The van der Waals surface area contributed by atoms with Gasteiger partial charge in [0.05, 0.1) is 11.4 Å². The van der Waals surface area contributed by atoms with Crippen molar-refractivity contribution in [3.8, 4) is 11.3 Å². The number of hydrogen-bond acceptors (Lipinski definition) is 3. The molecule has 1 atom stereocenters. The van der Waals surface area contributed by atoms with Crippen LogP contribution in [-0.2, 0) is 4.79 Å². The Morgan fingerprint density at radius 2 is 1.85 bits per heavy atom. The second-order valence-corrected chi connectivity index (χ2v) is 5.90. The number of hydrogen-bond donors (Lipinski definition) is 1. The van der Waals surface area contributed by atoms with E-state index in [0.717, 1.165) is 28.4 Å². The lowest BCUT2D eigenvalue weighted by atomic mass is 10.1. The number of halogens is 2. The fourth-order valence-corrected chi connectivity index (χ4v) is 2.69. The second-order valence-electron chi connectivity index (χ2n) is 5.90. The largest absolute Gasteiger partial charge is 0.322 e. The summed E-state index contributed by atoms with van der Waals surface area (Å²) in [5.41, 5.74) is 0.568. The minimum Gasteiger partial charge on any atom is -0.322 e. The Labute approximate surface area is 154 Å². The highest BCUT2D eigenvalue weighted by Crippen LogP contribution is 2.20. The van der Waals surface area contributed by atoms with Crippen LogP contribution in [0.5, 0.6) is 0 Å². The third kappa shape index (κ3) is 4.08. The quantitative estimate of drug-likeness (QED) is 0.744. The molecule has 0 aliphatic rings. The van der Waals surface area contributed by atoms with E-state index in [1.165, 1.54) is 6.07 Å². The van der Waals surface area contributed by atoms with Gasteiger partial charge in [-0.15, -0.1) is 0 Å². The lowest BCUT2D eigenvalue weighted by Gasteiger charge is -2.17. The molecule has 0 aliphatic heterocycles. The second kappa shape index (κ2) is 7.90. The molecule has 0 saturated carbocycles. The molecule has 7 heteroatoms. The van der Waals surface area contributed by atoms with Gasteiger partial charge in [0.1, 0.15) is 17.7 Å². The monoisotopic (exact) mass is 369 g/mol. The van der Waals surface area contributed by atoms with Gasteiger partial charge >= 0.3 is 0 Å². The Kier molecular flexibility index (Phi) is 5.40. The van der Waals surface area contributed by atoms with E-state index in [9.17, 15) is 18.4 Å². The van der Waals surface area contributed by atoms with E-state index in [2.05, 4.69) is 10.4 Å². The number of carbonyl (C=O) groups excluding carboxylic acids is 1. The molecule has 5 nitrogen and oxygen atoms in total. The van der Waals surface area contributed by atoms with Crippen LogP contribution in [0.25, 0.3) is 11.3 Å². The number of nitrogens with zero attached hydrogens (tertiary/aromatic N) is 2. The van der Waals surface area contributed by atoms with Crippen LogP contribution < -0.4 is 10.9 Å². The molecule has 3 aromatic rings. The van der Waals surface area contributed by atoms with Crippen molar-refractivity contribution in [1.29, 1.82) is 0 Å². The maximum Gasteiger partial charge on any atom is 0.267 e. The topological polar surface area (TPSA) is 64.0 Å². The third-order valence-corrected chi connectivity index (χ3v) is 4.07. The van der Waals surface area contributed by atoms with E-state index in [1.807, 2.05) is 30.3 Å². The molecule has 1 N–H and O–H groups in total. The number of anilines is 1. The van der Waals surface area contributed by atoms with Crippen LogP contribution in [-0.4, -0.2) is 15.7 Å². The van der Waals surface area contributed by atoms with Crippen molar-refractivity contribution < 1.29 is 13.6 Å². The fraction of sp³-hybridized carbons (Fsp3) is 0.150. The predicted octanol–water partition coefficient (Wildman–Crippen LogP) is 3.78. The van der Waals surface area contributed by atoms with Crippen molar-refractivity contribution in [1.82, 2.24) is 9.78 Å². The normalized spacial score (nSPS) is 11.8.